The van der Waals surface area contributed by atoms with E-state index in [1.54, 1.807) is 0 Å². The minimum absolute atomic E-state index is 0.144. The molecule has 1 N–H and O–H groups in total. The molecule has 2 aromatic carbocycles. The second-order valence-corrected chi connectivity index (χ2v) is 5.64. The number of rotatable bonds is 3. The zero-order chi connectivity index (χ0) is 18.2. The fourth-order valence-electron chi connectivity index (χ4n) is 1.98. The molecular weight excluding hydrogens is 412 g/mol. The van der Waals surface area contributed by atoms with Gasteiger partial charge in [-0.05, 0) is 46.3 Å². The average Bonchev–Trinajstić information content (AvgIpc) is 2.92. The van der Waals surface area contributed by atoms with Crippen molar-refractivity contribution in [3.8, 4) is 5.75 Å². The first-order valence-electron chi connectivity index (χ1n) is 6.64. The van der Waals surface area contributed by atoms with Crippen molar-refractivity contribution in [2.75, 3.05) is 5.32 Å². The molecule has 0 atom stereocenters. The Kier molecular flexibility index (Phi) is 4.38. The van der Waals surface area contributed by atoms with Crippen molar-refractivity contribution in [3.63, 3.8) is 0 Å². The summed E-state index contributed by atoms with van der Waals surface area (Å²) in [7, 11) is 0. The van der Waals surface area contributed by atoms with E-state index in [1.807, 2.05) is 0 Å². The molecule has 0 unspecified atom stereocenters. The summed E-state index contributed by atoms with van der Waals surface area (Å²) in [5.41, 5.74) is 0.540. The van der Waals surface area contributed by atoms with Crippen LogP contribution in [-0.4, -0.2) is 17.3 Å². The van der Waals surface area contributed by atoms with E-state index in [9.17, 15) is 22.4 Å². The van der Waals surface area contributed by atoms with E-state index < -0.39 is 23.8 Å². The van der Waals surface area contributed by atoms with Crippen LogP contribution in [0.3, 0.4) is 0 Å². The third kappa shape index (κ3) is 4.08. The molecule has 3 aromatic rings. The van der Waals surface area contributed by atoms with E-state index >= 15 is 0 Å². The average molecular weight is 419 g/mol. The summed E-state index contributed by atoms with van der Waals surface area (Å²) < 4.78 is 58.9. The number of alkyl halides is 3. The van der Waals surface area contributed by atoms with Gasteiger partial charge in [-0.15, -0.1) is 13.2 Å². The largest absolute Gasteiger partial charge is 0.573 e. The number of nitrogens with zero attached hydrogens (tertiary/aromatic N) is 1. The second kappa shape index (κ2) is 6.36. The van der Waals surface area contributed by atoms with Gasteiger partial charge in [0, 0.05) is 11.8 Å². The van der Waals surface area contributed by atoms with Gasteiger partial charge in [0.15, 0.2) is 5.58 Å². The quantitative estimate of drug-likeness (QED) is 0.615. The number of oxazole rings is 1. The maximum atomic E-state index is 13.3. The molecule has 0 aliphatic rings. The molecule has 1 aromatic heterocycles. The zero-order valence-corrected chi connectivity index (χ0v) is 13.6. The lowest BCUT2D eigenvalue weighted by molar-refractivity contribution is -0.274. The minimum Gasteiger partial charge on any atom is -0.431 e. The van der Waals surface area contributed by atoms with Crippen molar-refractivity contribution in [2.45, 2.75) is 6.36 Å². The van der Waals surface area contributed by atoms with Crippen molar-refractivity contribution in [3.05, 3.63) is 52.6 Å². The number of hydrogen-bond donors (Lipinski definition) is 1. The number of hydrogen-bond acceptors (Lipinski definition) is 4. The summed E-state index contributed by atoms with van der Waals surface area (Å²) in [6, 6.07) is 6.79. The van der Waals surface area contributed by atoms with E-state index in [1.165, 1.54) is 12.1 Å². The van der Waals surface area contributed by atoms with Crippen molar-refractivity contribution in [2.24, 2.45) is 0 Å². The minimum atomic E-state index is -4.80. The normalized spacial score (nSPS) is 11.6. The molecule has 1 amide bonds. The van der Waals surface area contributed by atoms with E-state index in [4.69, 9.17) is 4.42 Å². The van der Waals surface area contributed by atoms with Gasteiger partial charge in [0.2, 0.25) is 0 Å². The van der Waals surface area contributed by atoms with E-state index in [2.05, 4.69) is 31.0 Å². The lowest BCUT2D eigenvalue weighted by atomic mass is 10.3. The van der Waals surface area contributed by atoms with Crippen LogP contribution in [0.2, 0.25) is 0 Å². The van der Waals surface area contributed by atoms with Gasteiger partial charge in [0.05, 0.1) is 4.47 Å². The highest BCUT2D eigenvalue weighted by molar-refractivity contribution is 9.10. The first-order valence-corrected chi connectivity index (χ1v) is 7.43. The van der Waals surface area contributed by atoms with E-state index in [0.29, 0.717) is 4.47 Å². The van der Waals surface area contributed by atoms with Crippen LogP contribution in [-0.2, 0) is 0 Å². The summed E-state index contributed by atoms with van der Waals surface area (Å²) in [6.07, 6.45) is -4.80. The molecule has 0 saturated heterocycles. The SMILES string of the molecule is O=C(Nc1ccc(OC(F)(F)F)cc1)c1nc2cc(F)cc(Br)c2o1. The number of amides is 1. The Morgan fingerprint density at radius 3 is 2.52 bits per heavy atom. The van der Waals surface area contributed by atoms with Crippen molar-refractivity contribution >= 4 is 38.6 Å². The third-order valence-electron chi connectivity index (χ3n) is 2.95. The van der Waals surface area contributed by atoms with Crippen LogP contribution in [0.25, 0.3) is 11.1 Å². The van der Waals surface area contributed by atoms with Gasteiger partial charge < -0.3 is 14.5 Å². The Hall–Kier alpha value is -2.62. The molecule has 0 saturated carbocycles. The van der Waals surface area contributed by atoms with Gasteiger partial charge in [-0.3, -0.25) is 4.79 Å². The van der Waals surface area contributed by atoms with E-state index in [-0.39, 0.29) is 22.7 Å². The third-order valence-corrected chi connectivity index (χ3v) is 3.54. The standard InChI is InChI=1S/C15H7BrF4N2O3/c16-10-5-7(17)6-11-12(10)24-14(22-11)13(23)21-8-1-3-9(4-2-8)25-15(18,19)20/h1-6H,(H,21,23). The monoisotopic (exact) mass is 418 g/mol. The fourth-order valence-corrected chi connectivity index (χ4v) is 2.48. The predicted molar refractivity (Wildman–Crippen MR) is 82.7 cm³/mol. The summed E-state index contributed by atoms with van der Waals surface area (Å²) in [5.74, 6) is -2.04. The van der Waals surface area contributed by atoms with Crippen molar-refractivity contribution in [1.29, 1.82) is 0 Å². The maximum Gasteiger partial charge on any atom is 0.573 e. The van der Waals surface area contributed by atoms with Crippen molar-refractivity contribution in [1.82, 2.24) is 4.98 Å². The molecular formula is C15H7BrF4N2O3. The molecule has 3 rings (SSSR count). The molecule has 1 heterocycles. The zero-order valence-electron chi connectivity index (χ0n) is 12.0. The Morgan fingerprint density at radius 1 is 1.20 bits per heavy atom. The lowest BCUT2D eigenvalue weighted by Gasteiger charge is -2.09. The molecule has 25 heavy (non-hydrogen) atoms. The lowest BCUT2D eigenvalue weighted by Crippen LogP contribution is -2.17. The molecule has 0 aliphatic carbocycles. The number of fused-ring (bicyclic) bond motifs is 1. The molecule has 0 fully saturated rings. The van der Waals surface area contributed by atoms with E-state index in [0.717, 1.165) is 24.3 Å². The Bertz CT molecular complexity index is 938. The Labute approximate surface area is 145 Å². The fraction of sp³-hybridized carbons (Fsp3) is 0.0667. The summed E-state index contributed by atoms with van der Waals surface area (Å²) in [6.45, 7) is 0. The highest BCUT2D eigenvalue weighted by Crippen LogP contribution is 2.27. The summed E-state index contributed by atoms with van der Waals surface area (Å²) >= 11 is 3.10. The van der Waals surface area contributed by atoms with Crippen LogP contribution in [0.15, 0.2) is 45.3 Å². The number of aromatic nitrogens is 1. The number of nitrogens with one attached hydrogen (secondary N) is 1. The highest BCUT2D eigenvalue weighted by Gasteiger charge is 2.31. The van der Waals surface area contributed by atoms with Gasteiger partial charge in [-0.1, -0.05) is 0 Å². The molecule has 130 valence electrons. The summed E-state index contributed by atoms with van der Waals surface area (Å²) in [4.78, 5) is 16.0. The van der Waals surface area contributed by atoms with Crippen LogP contribution in [0, 0.1) is 5.82 Å². The van der Waals surface area contributed by atoms with Crippen LogP contribution in [0.4, 0.5) is 23.2 Å². The number of anilines is 1. The van der Waals surface area contributed by atoms with Crippen LogP contribution >= 0.6 is 15.9 Å². The van der Waals surface area contributed by atoms with Crippen LogP contribution in [0.5, 0.6) is 5.75 Å². The number of carbonyl (C=O) groups is 1. The predicted octanol–water partition coefficient (Wildman–Crippen LogP) is 4.88. The first-order chi connectivity index (χ1) is 11.7. The first kappa shape index (κ1) is 17.2. The Balaban J connectivity index is 1.77. The van der Waals surface area contributed by atoms with Crippen molar-refractivity contribution < 1.29 is 31.5 Å². The maximum absolute atomic E-state index is 13.3. The molecule has 0 aliphatic heterocycles. The molecule has 10 heteroatoms. The number of carbonyl (C=O) groups excluding carboxylic acids is 1. The molecule has 0 bridgehead atoms. The summed E-state index contributed by atoms with van der Waals surface area (Å²) in [5, 5.41) is 2.40. The number of ether oxygens (including phenoxy) is 1. The molecule has 5 nitrogen and oxygen atoms in total. The van der Waals surface area contributed by atoms with Gasteiger partial charge in [-0.2, -0.15) is 0 Å². The van der Waals surface area contributed by atoms with Gasteiger partial charge >= 0.3 is 12.3 Å². The molecule has 0 radical (unpaired) electrons. The van der Waals surface area contributed by atoms with Crippen LogP contribution in [0.1, 0.15) is 10.7 Å². The van der Waals surface area contributed by atoms with Gasteiger partial charge in [-0.25, -0.2) is 9.37 Å². The topological polar surface area (TPSA) is 64.4 Å². The Morgan fingerprint density at radius 2 is 1.88 bits per heavy atom. The highest BCUT2D eigenvalue weighted by atomic mass is 79.9. The smallest absolute Gasteiger partial charge is 0.431 e. The second-order valence-electron chi connectivity index (χ2n) is 4.78. The molecule has 0 spiro atoms. The van der Waals surface area contributed by atoms with Gasteiger partial charge in [0.1, 0.15) is 17.1 Å². The van der Waals surface area contributed by atoms with Gasteiger partial charge in [0.25, 0.3) is 5.89 Å². The number of halogens is 5. The number of benzene rings is 2. The van der Waals surface area contributed by atoms with Crippen LogP contribution < -0.4 is 10.1 Å².